The minimum absolute atomic E-state index is 0.0280. The van der Waals surface area contributed by atoms with Gasteiger partial charge in [0.2, 0.25) is 0 Å². The van der Waals surface area contributed by atoms with Crippen LogP contribution in [0.3, 0.4) is 0 Å². The third-order valence-electron chi connectivity index (χ3n) is 4.90. The highest BCUT2D eigenvalue weighted by atomic mass is 32.1. The van der Waals surface area contributed by atoms with Crippen molar-refractivity contribution in [2.24, 2.45) is 4.99 Å². The van der Waals surface area contributed by atoms with Crippen LogP contribution >= 0.6 is 11.3 Å². The molecular formula is C22H31N5OS. The first kappa shape index (κ1) is 21.3. The lowest BCUT2D eigenvalue weighted by Gasteiger charge is -2.21. The number of hydrogen-bond donors (Lipinski definition) is 1. The lowest BCUT2D eigenvalue weighted by molar-refractivity contribution is 0.119. The van der Waals surface area contributed by atoms with E-state index in [-0.39, 0.29) is 6.10 Å². The molecule has 1 unspecified atom stereocenters. The van der Waals surface area contributed by atoms with Crippen LogP contribution in [0, 0.1) is 0 Å². The molecule has 0 aliphatic carbocycles. The first-order chi connectivity index (χ1) is 14.1. The molecule has 1 aliphatic rings. The zero-order chi connectivity index (χ0) is 20.6. The Labute approximate surface area is 177 Å². The molecule has 7 heteroatoms. The van der Waals surface area contributed by atoms with E-state index >= 15 is 0 Å². The van der Waals surface area contributed by atoms with Gasteiger partial charge in [-0.2, -0.15) is 0 Å². The second-order valence-corrected chi connectivity index (χ2v) is 8.01. The third-order valence-corrected chi connectivity index (χ3v) is 5.95. The molecule has 156 valence electrons. The standard InChI is InChI=1S/C22H31N5OS/c1-5-23-22(26(3)15-19-16-29-21(25-19)17(2)28-4)24-14-18-8-10-20(11-9-18)27-12-6-7-13-27/h6-11,16-17H,5,12-15H2,1-4H3,(H,23,24). The van der Waals surface area contributed by atoms with Gasteiger partial charge in [0.25, 0.3) is 0 Å². The zero-order valence-electron chi connectivity index (χ0n) is 17.8. The quantitative estimate of drug-likeness (QED) is 0.405. The van der Waals surface area contributed by atoms with Gasteiger partial charge in [-0.05, 0) is 31.5 Å². The zero-order valence-corrected chi connectivity index (χ0v) is 18.6. The van der Waals surface area contributed by atoms with Crippen LogP contribution < -0.4 is 10.2 Å². The largest absolute Gasteiger partial charge is 0.375 e. The minimum atomic E-state index is 0.0280. The third kappa shape index (κ3) is 5.81. The number of rotatable bonds is 8. The van der Waals surface area contributed by atoms with Crippen molar-refractivity contribution >= 4 is 23.0 Å². The molecule has 0 radical (unpaired) electrons. The lowest BCUT2D eigenvalue weighted by atomic mass is 10.2. The molecule has 3 rings (SSSR count). The van der Waals surface area contributed by atoms with Crippen LogP contribution in [0.1, 0.15) is 36.2 Å². The smallest absolute Gasteiger partial charge is 0.194 e. The van der Waals surface area contributed by atoms with Crippen molar-refractivity contribution in [2.75, 3.05) is 38.7 Å². The van der Waals surface area contributed by atoms with Crippen molar-refractivity contribution in [1.29, 1.82) is 0 Å². The molecule has 0 saturated carbocycles. The van der Waals surface area contributed by atoms with Crippen LogP contribution in [-0.2, 0) is 17.8 Å². The highest BCUT2D eigenvalue weighted by molar-refractivity contribution is 7.09. The number of nitrogens with zero attached hydrogens (tertiary/aromatic N) is 4. The summed E-state index contributed by atoms with van der Waals surface area (Å²) >= 11 is 1.64. The van der Waals surface area contributed by atoms with Crippen molar-refractivity contribution in [3.8, 4) is 0 Å². The minimum Gasteiger partial charge on any atom is -0.375 e. The predicted molar refractivity (Wildman–Crippen MR) is 122 cm³/mol. The Hall–Kier alpha value is -2.38. The van der Waals surface area contributed by atoms with Gasteiger partial charge in [-0.15, -0.1) is 11.3 Å². The summed E-state index contributed by atoms with van der Waals surface area (Å²) in [6.45, 7) is 8.27. The molecule has 29 heavy (non-hydrogen) atoms. The molecule has 1 aromatic heterocycles. The van der Waals surface area contributed by atoms with E-state index in [4.69, 9.17) is 9.73 Å². The van der Waals surface area contributed by atoms with Gasteiger partial charge in [0.1, 0.15) is 11.1 Å². The van der Waals surface area contributed by atoms with E-state index in [2.05, 4.69) is 68.8 Å². The summed E-state index contributed by atoms with van der Waals surface area (Å²) in [7, 11) is 3.76. The van der Waals surface area contributed by atoms with E-state index < -0.39 is 0 Å². The molecule has 1 aromatic carbocycles. The van der Waals surface area contributed by atoms with Crippen molar-refractivity contribution < 1.29 is 4.74 Å². The molecule has 0 amide bonds. The molecule has 0 saturated heterocycles. The van der Waals surface area contributed by atoms with E-state index in [0.29, 0.717) is 13.1 Å². The normalized spacial score (nSPS) is 15.0. The van der Waals surface area contributed by atoms with Crippen molar-refractivity contribution in [1.82, 2.24) is 15.2 Å². The number of benzene rings is 1. The highest BCUT2D eigenvalue weighted by Gasteiger charge is 2.13. The van der Waals surface area contributed by atoms with Crippen LogP contribution in [0.2, 0.25) is 0 Å². The number of aromatic nitrogens is 1. The number of aliphatic imine (C=N–C) groups is 1. The summed E-state index contributed by atoms with van der Waals surface area (Å²) in [4.78, 5) is 14.0. The highest BCUT2D eigenvalue weighted by Crippen LogP contribution is 2.21. The fraction of sp³-hybridized carbons (Fsp3) is 0.455. The van der Waals surface area contributed by atoms with Crippen LogP contribution in [0.25, 0.3) is 0 Å². The first-order valence-corrected chi connectivity index (χ1v) is 10.9. The summed E-state index contributed by atoms with van der Waals surface area (Å²) in [5, 5.41) is 6.48. The molecule has 2 heterocycles. The molecule has 0 spiro atoms. The van der Waals surface area contributed by atoms with E-state index in [1.807, 2.05) is 14.0 Å². The summed E-state index contributed by atoms with van der Waals surface area (Å²) in [6, 6.07) is 8.70. The molecule has 0 bridgehead atoms. The molecule has 2 aromatic rings. The summed E-state index contributed by atoms with van der Waals surface area (Å²) in [5.74, 6) is 0.884. The average Bonchev–Trinajstić information content (AvgIpc) is 3.43. The van der Waals surface area contributed by atoms with E-state index in [0.717, 1.165) is 36.3 Å². The van der Waals surface area contributed by atoms with Gasteiger partial charge in [0.15, 0.2) is 5.96 Å². The molecule has 1 aliphatic heterocycles. The number of methoxy groups -OCH3 is 1. The number of guanidine groups is 1. The maximum absolute atomic E-state index is 5.36. The summed E-state index contributed by atoms with van der Waals surface area (Å²) in [5.41, 5.74) is 3.50. The topological polar surface area (TPSA) is 53.0 Å². The summed E-state index contributed by atoms with van der Waals surface area (Å²) in [6.07, 6.45) is 4.44. The lowest BCUT2D eigenvalue weighted by Crippen LogP contribution is -2.38. The summed E-state index contributed by atoms with van der Waals surface area (Å²) < 4.78 is 5.36. The van der Waals surface area contributed by atoms with Crippen LogP contribution in [0.5, 0.6) is 0 Å². The van der Waals surface area contributed by atoms with Crippen LogP contribution in [0.15, 0.2) is 46.8 Å². The Morgan fingerprint density at radius 3 is 2.69 bits per heavy atom. The first-order valence-electron chi connectivity index (χ1n) is 10.1. The molecule has 1 N–H and O–H groups in total. The number of ether oxygens (including phenoxy) is 1. The number of hydrogen-bond acceptors (Lipinski definition) is 5. The molecule has 0 fully saturated rings. The van der Waals surface area contributed by atoms with E-state index in [9.17, 15) is 0 Å². The predicted octanol–water partition coefficient (Wildman–Crippen LogP) is 3.82. The van der Waals surface area contributed by atoms with Crippen molar-refractivity contribution in [3.63, 3.8) is 0 Å². The second-order valence-electron chi connectivity index (χ2n) is 7.12. The monoisotopic (exact) mass is 413 g/mol. The Morgan fingerprint density at radius 2 is 2.03 bits per heavy atom. The van der Waals surface area contributed by atoms with E-state index in [1.165, 1.54) is 11.3 Å². The average molecular weight is 414 g/mol. The van der Waals surface area contributed by atoms with E-state index in [1.54, 1.807) is 18.4 Å². The Kier molecular flexibility index (Phi) is 7.66. The maximum atomic E-state index is 5.36. The fourth-order valence-electron chi connectivity index (χ4n) is 3.14. The Bertz CT molecular complexity index is 822. The Balaban J connectivity index is 1.61. The van der Waals surface area contributed by atoms with Gasteiger partial charge in [-0.25, -0.2) is 9.98 Å². The maximum Gasteiger partial charge on any atom is 0.194 e. The van der Waals surface area contributed by atoms with Gasteiger partial charge >= 0.3 is 0 Å². The van der Waals surface area contributed by atoms with Gasteiger partial charge in [-0.3, -0.25) is 0 Å². The Morgan fingerprint density at radius 1 is 1.31 bits per heavy atom. The fourth-order valence-corrected chi connectivity index (χ4v) is 3.98. The van der Waals surface area contributed by atoms with Gasteiger partial charge in [0.05, 0.1) is 18.8 Å². The van der Waals surface area contributed by atoms with Crippen molar-refractivity contribution in [3.05, 3.63) is 58.1 Å². The van der Waals surface area contributed by atoms with Gasteiger partial charge in [-0.1, -0.05) is 24.3 Å². The number of anilines is 1. The van der Waals surface area contributed by atoms with Gasteiger partial charge in [0, 0.05) is 44.9 Å². The van der Waals surface area contributed by atoms with Gasteiger partial charge < -0.3 is 19.9 Å². The van der Waals surface area contributed by atoms with Crippen LogP contribution in [0.4, 0.5) is 5.69 Å². The second kappa shape index (κ2) is 10.4. The number of nitrogens with one attached hydrogen (secondary N) is 1. The number of thiazole rings is 1. The molecule has 1 atom stereocenters. The van der Waals surface area contributed by atoms with Crippen LogP contribution in [-0.4, -0.2) is 49.6 Å². The molecule has 6 nitrogen and oxygen atoms in total. The molecular weight excluding hydrogens is 382 g/mol. The van der Waals surface area contributed by atoms with Crippen molar-refractivity contribution in [2.45, 2.75) is 33.0 Å². The SMILES string of the molecule is CCNC(=NCc1ccc(N2CC=CC2)cc1)N(C)Cc1csc(C(C)OC)n1.